The summed E-state index contributed by atoms with van der Waals surface area (Å²) >= 11 is 0. The Morgan fingerprint density at radius 2 is 1.71 bits per heavy atom. The standard InChI is InChI=1S/C34H47N3O4/c1-23(2)32(40)24(18-26-12-11-17-35-26)19-28(38)20-25-21-36(27-13-7-6-8-14-27)29-15-9-10-16-30(29)37(33(25)41)22-31(39)34(3,4)5/h9-10,12,15-17,23-25,27H,6-8,11,13-14,18-22H2,1-5H3/t24?,25-/m1/s1. The lowest BCUT2D eigenvalue weighted by molar-refractivity contribution is -0.132. The molecular formula is C34H47N3O4. The predicted octanol–water partition coefficient (Wildman–Crippen LogP) is 6.34. The van der Waals surface area contributed by atoms with Gasteiger partial charge < -0.3 is 9.80 Å². The summed E-state index contributed by atoms with van der Waals surface area (Å²) in [5, 5.41) is 0. The second-order valence-electron chi connectivity index (χ2n) is 13.4. The quantitative estimate of drug-likeness (QED) is 0.315. The molecule has 2 aliphatic heterocycles. The number of fused-ring (bicyclic) bond motifs is 1. The van der Waals surface area contributed by atoms with Gasteiger partial charge in [-0.25, -0.2) is 0 Å². The highest BCUT2D eigenvalue weighted by molar-refractivity contribution is 6.06. The summed E-state index contributed by atoms with van der Waals surface area (Å²) in [6.07, 6.45) is 10.8. The molecule has 1 unspecified atom stereocenters. The molecule has 0 N–H and O–H groups in total. The molecule has 4 rings (SSSR count). The van der Waals surface area contributed by atoms with Crippen LogP contribution in [0.3, 0.4) is 0 Å². The third kappa shape index (κ3) is 7.60. The summed E-state index contributed by atoms with van der Waals surface area (Å²) in [7, 11) is 0. The monoisotopic (exact) mass is 561 g/mol. The van der Waals surface area contributed by atoms with Crippen LogP contribution in [0.5, 0.6) is 0 Å². The summed E-state index contributed by atoms with van der Waals surface area (Å²) < 4.78 is 0. The van der Waals surface area contributed by atoms with Gasteiger partial charge in [0.25, 0.3) is 0 Å². The molecule has 1 amide bonds. The van der Waals surface area contributed by atoms with E-state index >= 15 is 0 Å². The number of carbonyl (C=O) groups is 4. The third-order valence-electron chi connectivity index (χ3n) is 8.76. The van der Waals surface area contributed by atoms with E-state index in [0.29, 0.717) is 13.0 Å². The Balaban J connectivity index is 1.63. The van der Waals surface area contributed by atoms with Crippen LogP contribution in [0.2, 0.25) is 0 Å². The lowest BCUT2D eigenvalue weighted by Gasteiger charge is -2.37. The maximum Gasteiger partial charge on any atom is 0.232 e. The number of aliphatic imine (C=N–C) groups is 1. The Kier molecular flexibility index (Phi) is 9.98. The molecule has 0 radical (unpaired) electrons. The van der Waals surface area contributed by atoms with Gasteiger partial charge in [0.2, 0.25) is 5.91 Å². The van der Waals surface area contributed by atoms with E-state index in [9.17, 15) is 19.2 Å². The Morgan fingerprint density at radius 3 is 2.32 bits per heavy atom. The van der Waals surface area contributed by atoms with Gasteiger partial charge in [0.05, 0.1) is 23.8 Å². The molecule has 7 heteroatoms. The van der Waals surface area contributed by atoms with E-state index < -0.39 is 17.3 Å². The van der Waals surface area contributed by atoms with Gasteiger partial charge in [-0.1, -0.05) is 72.1 Å². The molecule has 2 atom stereocenters. The summed E-state index contributed by atoms with van der Waals surface area (Å²) in [6.45, 7) is 9.75. The molecule has 41 heavy (non-hydrogen) atoms. The van der Waals surface area contributed by atoms with Gasteiger partial charge in [-0.2, -0.15) is 0 Å². The number of hydrogen-bond acceptors (Lipinski definition) is 6. The van der Waals surface area contributed by atoms with E-state index in [0.717, 1.165) is 49.2 Å². The second-order valence-corrected chi connectivity index (χ2v) is 13.4. The van der Waals surface area contributed by atoms with Crippen LogP contribution in [0, 0.1) is 23.2 Å². The number of amides is 1. The number of anilines is 2. The molecule has 3 aliphatic rings. The summed E-state index contributed by atoms with van der Waals surface area (Å²) in [4.78, 5) is 62.6. The Labute approximate surface area is 245 Å². The van der Waals surface area contributed by atoms with Gasteiger partial charge in [-0.05, 0) is 31.4 Å². The van der Waals surface area contributed by atoms with Crippen LogP contribution in [-0.2, 0) is 19.2 Å². The molecule has 0 aromatic heterocycles. The van der Waals surface area contributed by atoms with Crippen LogP contribution in [0.4, 0.5) is 11.4 Å². The van der Waals surface area contributed by atoms with Gasteiger partial charge in [0.15, 0.2) is 5.78 Å². The highest BCUT2D eigenvalue weighted by Gasteiger charge is 2.39. The first-order valence-electron chi connectivity index (χ1n) is 15.4. The fraction of sp³-hybridized carbons (Fsp3) is 0.618. The highest BCUT2D eigenvalue weighted by Crippen LogP contribution is 2.39. The first-order chi connectivity index (χ1) is 19.5. The second kappa shape index (κ2) is 13.3. The van der Waals surface area contributed by atoms with Gasteiger partial charge in [0, 0.05) is 61.0 Å². The van der Waals surface area contributed by atoms with E-state index in [1.807, 2.05) is 71.2 Å². The first-order valence-corrected chi connectivity index (χ1v) is 15.4. The Hall–Kier alpha value is -3.09. The molecule has 1 fully saturated rings. The lowest BCUT2D eigenvalue weighted by atomic mass is 9.85. The van der Waals surface area contributed by atoms with Gasteiger partial charge in [0.1, 0.15) is 11.6 Å². The van der Waals surface area contributed by atoms with Crippen molar-refractivity contribution in [3.8, 4) is 0 Å². The maximum absolute atomic E-state index is 14.2. The molecule has 0 saturated heterocycles. The van der Waals surface area contributed by atoms with Gasteiger partial charge >= 0.3 is 0 Å². The molecule has 1 aromatic carbocycles. The fourth-order valence-electron chi connectivity index (χ4n) is 6.30. The highest BCUT2D eigenvalue weighted by atomic mass is 16.2. The van der Waals surface area contributed by atoms with Crippen molar-refractivity contribution in [3.05, 3.63) is 36.0 Å². The van der Waals surface area contributed by atoms with Gasteiger partial charge in [-0.15, -0.1) is 0 Å². The lowest BCUT2D eigenvalue weighted by Crippen LogP contribution is -2.45. The first kappa shape index (κ1) is 30.9. The van der Waals surface area contributed by atoms with Crippen LogP contribution in [0.15, 0.2) is 41.0 Å². The number of carbonyl (C=O) groups excluding carboxylic acids is 4. The van der Waals surface area contributed by atoms with E-state index in [-0.39, 0.29) is 54.6 Å². The minimum Gasteiger partial charge on any atom is -0.366 e. The van der Waals surface area contributed by atoms with E-state index in [2.05, 4.69) is 9.89 Å². The summed E-state index contributed by atoms with van der Waals surface area (Å²) in [6, 6.07) is 8.15. The topological polar surface area (TPSA) is 87.1 Å². The largest absolute Gasteiger partial charge is 0.366 e. The van der Waals surface area contributed by atoms with Crippen molar-refractivity contribution in [1.82, 2.24) is 0 Å². The zero-order valence-electron chi connectivity index (χ0n) is 25.5. The van der Waals surface area contributed by atoms with E-state index in [4.69, 9.17) is 0 Å². The van der Waals surface area contributed by atoms with Gasteiger partial charge in [-0.3, -0.25) is 24.2 Å². The van der Waals surface area contributed by atoms with Crippen molar-refractivity contribution < 1.29 is 19.2 Å². The Bertz CT molecular complexity index is 1200. The molecule has 2 heterocycles. The van der Waals surface area contributed by atoms with Crippen molar-refractivity contribution in [2.75, 3.05) is 22.9 Å². The van der Waals surface area contributed by atoms with E-state index in [1.165, 1.54) is 6.42 Å². The number of benzene rings is 1. The summed E-state index contributed by atoms with van der Waals surface area (Å²) in [5.41, 5.74) is 1.96. The summed E-state index contributed by atoms with van der Waals surface area (Å²) in [5.74, 6) is -1.46. The average Bonchev–Trinajstić information content (AvgIpc) is 3.42. The van der Waals surface area contributed by atoms with Crippen LogP contribution in [0.25, 0.3) is 0 Å². The number of para-hydroxylation sites is 2. The van der Waals surface area contributed by atoms with Crippen LogP contribution in [0.1, 0.15) is 92.4 Å². The number of Topliss-reactive ketones (excluding diaryl/α,β-unsaturated/α-hetero) is 3. The average molecular weight is 562 g/mol. The van der Waals surface area contributed by atoms with Crippen molar-refractivity contribution in [2.24, 2.45) is 28.2 Å². The minimum absolute atomic E-state index is 0.0233. The molecule has 1 aromatic rings. The fourth-order valence-corrected chi connectivity index (χ4v) is 6.30. The molecule has 1 aliphatic carbocycles. The maximum atomic E-state index is 14.2. The van der Waals surface area contributed by atoms with E-state index in [1.54, 1.807) is 4.90 Å². The molecule has 222 valence electrons. The zero-order valence-corrected chi connectivity index (χ0v) is 25.5. The number of hydrogen-bond donors (Lipinski definition) is 0. The normalized spacial score (nSPS) is 20.6. The SMILES string of the molecule is CC(C)C(=O)C(CC(=O)C[C@@H]1CN(C2CCCCC2)c2ccccc2N(CC(=O)C(C)(C)C)C1=O)CC1=CCC=N1. The molecule has 0 spiro atoms. The smallest absolute Gasteiger partial charge is 0.232 e. The number of rotatable bonds is 11. The van der Waals surface area contributed by atoms with Crippen molar-refractivity contribution in [1.29, 1.82) is 0 Å². The van der Waals surface area contributed by atoms with Crippen LogP contribution >= 0.6 is 0 Å². The number of allylic oxidation sites excluding steroid dienone is 2. The minimum atomic E-state index is -0.599. The number of ketones is 3. The number of nitrogens with zero attached hydrogens (tertiary/aromatic N) is 3. The molecule has 1 saturated carbocycles. The third-order valence-corrected chi connectivity index (χ3v) is 8.76. The predicted molar refractivity (Wildman–Crippen MR) is 164 cm³/mol. The van der Waals surface area contributed by atoms with Crippen LogP contribution in [-0.4, -0.2) is 48.6 Å². The van der Waals surface area contributed by atoms with Crippen molar-refractivity contribution in [2.45, 2.75) is 98.4 Å². The molecular weight excluding hydrogens is 514 g/mol. The van der Waals surface area contributed by atoms with Crippen molar-refractivity contribution >= 4 is 40.8 Å². The molecule has 0 bridgehead atoms. The van der Waals surface area contributed by atoms with Crippen LogP contribution < -0.4 is 9.80 Å². The zero-order chi connectivity index (χ0) is 29.7. The molecule has 7 nitrogen and oxygen atoms in total. The Morgan fingerprint density at radius 1 is 1.02 bits per heavy atom. The van der Waals surface area contributed by atoms with Crippen molar-refractivity contribution in [3.63, 3.8) is 0 Å².